The molecule has 0 radical (unpaired) electrons. The van der Waals surface area contributed by atoms with E-state index >= 15 is 0 Å². The van der Waals surface area contributed by atoms with Gasteiger partial charge in [-0.05, 0) is 42.5 Å². The number of phenols is 1. The van der Waals surface area contributed by atoms with Crippen molar-refractivity contribution in [2.75, 3.05) is 7.11 Å². The summed E-state index contributed by atoms with van der Waals surface area (Å²) < 4.78 is 4.96. The van der Waals surface area contributed by atoms with Gasteiger partial charge in [-0.2, -0.15) is 0 Å². The Morgan fingerprint density at radius 3 is 2.84 bits per heavy atom. The van der Waals surface area contributed by atoms with Crippen LogP contribution in [0.1, 0.15) is 16.1 Å². The maximum absolute atomic E-state index is 11.9. The van der Waals surface area contributed by atoms with Crippen LogP contribution in [0.15, 0.2) is 48.7 Å². The summed E-state index contributed by atoms with van der Waals surface area (Å²) in [5.41, 5.74) is 1.16. The Kier molecular flexibility index (Phi) is 3.93. The first-order chi connectivity index (χ1) is 9.20. The number of benzene rings is 1. The van der Waals surface area contributed by atoms with Crippen LogP contribution in [0, 0.1) is 0 Å². The smallest absolute Gasteiger partial charge is 0.186 e. The lowest BCUT2D eigenvalue weighted by atomic mass is 10.1. The van der Waals surface area contributed by atoms with Crippen LogP contribution >= 0.6 is 0 Å². The number of carbonyl (C=O) groups is 1. The second-order valence-corrected chi connectivity index (χ2v) is 3.84. The van der Waals surface area contributed by atoms with Gasteiger partial charge in [0.15, 0.2) is 17.3 Å². The maximum Gasteiger partial charge on any atom is 0.186 e. The van der Waals surface area contributed by atoms with Gasteiger partial charge in [0.1, 0.15) is 0 Å². The molecule has 0 aliphatic carbocycles. The lowest BCUT2D eigenvalue weighted by molar-refractivity contribution is 0.104. The van der Waals surface area contributed by atoms with Gasteiger partial charge in [0.2, 0.25) is 0 Å². The summed E-state index contributed by atoms with van der Waals surface area (Å²) in [5, 5.41) is 9.46. The molecule has 0 spiro atoms. The molecule has 0 fully saturated rings. The van der Waals surface area contributed by atoms with Gasteiger partial charge in [-0.3, -0.25) is 9.78 Å². The molecule has 4 heteroatoms. The Bertz CT molecular complexity index is 606. The first kappa shape index (κ1) is 12.8. The third kappa shape index (κ3) is 3.19. The first-order valence-corrected chi connectivity index (χ1v) is 5.71. The van der Waals surface area contributed by atoms with Gasteiger partial charge in [0, 0.05) is 11.8 Å². The quantitative estimate of drug-likeness (QED) is 0.674. The number of aromatic hydroxyl groups is 1. The largest absolute Gasteiger partial charge is 0.504 e. The van der Waals surface area contributed by atoms with E-state index < -0.39 is 0 Å². The highest BCUT2D eigenvalue weighted by Crippen LogP contribution is 2.26. The molecule has 1 aromatic carbocycles. The van der Waals surface area contributed by atoms with Crippen molar-refractivity contribution in [3.05, 3.63) is 59.9 Å². The fourth-order valence-electron chi connectivity index (χ4n) is 1.56. The van der Waals surface area contributed by atoms with Crippen LogP contribution in [0.4, 0.5) is 0 Å². The third-order valence-electron chi connectivity index (χ3n) is 2.56. The molecule has 0 aliphatic rings. The second-order valence-electron chi connectivity index (χ2n) is 3.84. The summed E-state index contributed by atoms with van der Waals surface area (Å²) in [6.45, 7) is 0. The summed E-state index contributed by atoms with van der Waals surface area (Å²) in [7, 11) is 1.44. The number of nitrogens with zero attached hydrogens (tertiary/aromatic N) is 1. The fraction of sp³-hybridized carbons (Fsp3) is 0.0667. The van der Waals surface area contributed by atoms with Crippen molar-refractivity contribution in [2.24, 2.45) is 0 Å². The van der Waals surface area contributed by atoms with E-state index in [-0.39, 0.29) is 17.3 Å². The standard InChI is InChI=1S/C15H13NO3/c1-19-15-10-11(5-7-14(15)18)13(17)8-6-12-4-2-3-9-16-12/h2-10,18H,1H3/b8-6+. The first-order valence-electron chi connectivity index (χ1n) is 5.71. The average molecular weight is 255 g/mol. The highest BCUT2D eigenvalue weighted by Gasteiger charge is 2.07. The highest BCUT2D eigenvalue weighted by molar-refractivity contribution is 6.07. The molecular formula is C15H13NO3. The zero-order chi connectivity index (χ0) is 13.7. The van der Waals surface area contributed by atoms with Crippen molar-refractivity contribution in [3.8, 4) is 11.5 Å². The van der Waals surface area contributed by atoms with Crippen LogP contribution in [-0.4, -0.2) is 23.0 Å². The van der Waals surface area contributed by atoms with Crippen molar-refractivity contribution < 1.29 is 14.6 Å². The van der Waals surface area contributed by atoms with Crippen molar-refractivity contribution in [2.45, 2.75) is 0 Å². The molecular weight excluding hydrogens is 242 g/mol. The molecule has 4 nitrogen and oxygen atoms in total. The van der Waals surface area contributed by atoms with E-state index in [1.807, 2.05) is 12.1 Å². The average Bonchev–Trinajstić information content (AvgIpc) is 2.46. The Morgan fingerprint density at radius 2 is 2.16 bits per heavy atom. The molecule has 0 amide bonds. The molecule has 0 unspecified atom stereocenters. The van der Waals surface area contributed by atoms with Gasteiger partial charge in [0.05, 0.1) is 12.8 Å². The van der Waals surface area contributed by atoms with Gasteiger partial charge in [-0.25, -0.2) is 0 Å². The van der Waals surface area contributed by atoms with E-state index in [0.29, 0.717) is 11.3 Å². The van der Waals surface area contributed by atoms with Crippen molar-refractivity contribution in [3.63, 3.8) is 0 Å². The topological polar surface area (TPSA) is 59.4 Å². The number of hydrogen-bond donors (Lipinski definition) is 1. The minimum Gasteiger partial charge on any atom is -0.504 e. The molecule has 1 heterocycles. The number of methoxy groups -OCH3 is 1. The molecule has 2 aromatic rings. The summed E-state index contributed by atoms with van der Waals surface area (Å²) in [4.78, 5) is 16.0. The number of carbonyl (C=O) groups excluding carboxylic acids is 1. The predicted molar refractivity (Wildman–Crippen MR) is 72.3 cm³/mol. The van der Waals surface area contributed by atoms with Crippen LogP contribution in [-0.2, 0) is 0 Å². The van der Waals surface area contributed by atoms with E-state index in [9.17, 15) is 9.90 Å². The Labute approximate surface area is 111 Å². The molecule has 2 rings (SSSR count). The van der Waals surface area contributed by atoms with Crippen molar-refractivity contribution >= 4 is 11.9 Å². The van der Waals surface area contributed by atoms with Crippen LogP contribution in [0.25, 0.3) is 6.08 Å². The Balaban J connectivity index is 2.18. The minimum atomic E-state index is -0.177. The van der Waals surface area contributed by atoms with Gasteiger partial charge >= 0.3 is 0 Å². The van der Waals surface area contributed by atoms with Gasteiger partial charge < -0.3 is 9.84 Å². The van der Waals surface area contributed by atoms with Crippen LogP contribution in [0.5, 0.6) is 11.5 Å². The number of rotatable bonds is 4. The fourth-order valence-corrected chi connectivity index (χ4v) is 1.56. The van der Waals surface area contributed by atoms with E-state index in [2.05, 4.69) is 4.98 Å². The van der Waals surface area contributed by atoms with E-state index in [4.69, 9.17) is 4.74 Å². The summed E-state index contributed by atoms with van der Waals surface area (Å²) in [6, 6.07) is 9.94. The molecule has 0 saturated carbocycles. The van der Waals surface area contributed by atoms with E-state index in [1.54, 1.807) is 24.4 Å². The Hall–Kier alpha value is -2.62. The lowest BCUT2D eigenvalue weighted by Gasteiger charge is -2.04. The lowest BCUT2D eigenvalue weighted by Crippen LogP contribution is -1.95. The van der Waals surface area contributed by atoms with E-state index in [1.165, 1.54) is 25.3 Å². The van der Waals surface area contributed by atoms with Crippen LogP contribution in [0.3, 0.4) is 0 Å². The number of phenolic OH excluding ortho intramolecular Hbond substituents is 1. The van der Waals surface area contributed by atoms with Gasteiger partial charge in [0.25, 0.3) is 0 Å². The number of pyridine rings is 1. The second kappa shape index (κ2) is 5.82. The minimum absolute atomic E-state index is 0.00718. The van der Waals surface area contributed by atoms with Crippen molar-refractivity contribution in [1.82, 2.24) is 4.98 Å². The molecule has 0 atom stereocenters. The molecule has 19 heavy (non-hydrogen) atoms. The zero-order valence-corrected chi connectivity index (χ0v) is 10.4. The third-order valence-corrected chi connectivity index (χ3v) is 2.56. The SMILES string of the molecule is COc1cc(C(=O)/C=C/c2ccccn2)ccc1O. The molecule has 0 aliphatic heterocycles. The monoisotopic (exact) mass is 255 g/mol. The predicted octanol–water partition coefficient (Wildman–Crippen LogP) is 2.69. The zero-order valence-electron chi connectivity index (χ0n) is 10.4. The molecule has 1 aromatic heterocycles. The van der Waals surface area contributed by atoms with Gasteiger partial charge in [-0.1, -0.05) is 6.07 Å². The van der Waals surface area contributed by atoms with Crippen molar-refractivity contribution in [1.29, 1.82) is 0 Å². The normalized spacial score (nSPS) is 10.6. The molecule has 96 valence electrons. The maximum atomic E-state index is 11.9. The number of aromatic nitrogens is 1. The van der Waals surface area contributed by atoms with Crippen LogP contribution < -0.4 is 4.74 Å². The summed E-state index contributed by atoms with van der Waals surface area (Å²) in [5.74, 6) is 0.105. The van der Waals surface area contributed by atoms with E-state index in [0.717, 1.165) is 0 Å². The summed E-state index contributed by atoms with van der Waals surface area (Å²) >= 11 is 0. The Morgan fingerprint density at radius 1 is 1.32 bits per heavy atom. The molecule has 0 saturated heterocycles. The number of ketones is 1. The molecule has 0 bridgehead atoms. The summed E-state index contributed by atoms with van der Waals surface area (Å²) in [6.07, 6.45) is 4.74. The molecule has 1 N–H and O–H groups in total. The van der Waals surface area contributed by atoms with Crippen LogP contribution in [0.2, 0.25) is 0 Å². The van der Waals surface area contributed by atoms with Gasteiger partial charge in [-0.15, -0.1) is 0 Å². The number of ether oxygens (including phenoxy) is 1. The number of allylic oxidation sites excluding steroid dienone is 1. The number of hydrogen-bond acceptors (Lipinski definition) is 4. The highest BCUT2D eigenvalue weighted by atomic mass is 16.5.